The molecule has 3 N–H and O–H groups in total. The van der Waals surface area contributed by atoms with Gasteiger partial charge in [-0.15, -0.1) is 11.3 Å². The second kappa shape index (κ2) is 14.0. The number of nitrogens with zero attached hydrogens (tertiary/aromatic N) is 1. The summed E-state index contributed by atoms with van der Waals surface area (Å²) in [5.41, 5.74) is 0.576. The second-order valence-corrected chi connectivity index (χ2v) is 15.0. The lowest BCUT2D eigenvalue weighted by molar-refractivity contribution is -0.133. The predicted molar refractivity (Wildman–Crippen MR) is 179 cm³/mol. The summed E-state index contributed by atoms with van der Waals surface area (Å²) in [7, 11) is 0. The van der Waals surface area contributed by atoms with Crippen LogP contribution < -0.4 is 15.4 Å². The number of piperidine rings is 1. The average molecular weight is 634 g/mol. The van der Waals surface area contributed by atoms with E-state index in [1.54, 1.807) is 36.5 Å². The number of rotatable bonds is 9. The Kier molecular flexibility index (Phi) is 10.3. The molecule has 0 bridgehead atoms. The van der Waals surface area contributed by atoms with Crippen LogP contribution in [0.3, 0.4) is 0 Å². The predicted octanol–water partition coefficient (Wildman–Crippen LogP) is 5.63. The van der Waals surface area contributed by atoms with Crippen LogP contribution in [0.15, 0.2) is 48.5 Å². The van der Waals surface area contributed by atoms with Crippen molar-refractivity contribution in [2.75, 3.05) is 13.1 Å². The van der Waals surface area contributed by atoms with Crippen molar-refractivity contribution in [3.8, 4) is 5.75 Å². The average Bonchev–Trinajstić information content (AvgIpc) is 3.39. The Morgan fingerprint density at radius 1 is 1.07 bits per heavy atom. The number of aliphatic hydroxyl groups excluding tert-OH is 1. The first-order chi connectivity index (χ1) is 21.4. The Morgan fingerprint density at radius 2 is 1.80 bits per heavy atom. The fourth-order valence-electron chi connectivity index (χ4n) is 7.00. The SMILES string of the molecule is CC(=O)Oc1cccc(C(=O)N[C@@H](Cc2cc3ccccc3s2)[C@H](O)CN2C[C@H]3CCCC[C@H]3C[C@H]2C(=O)NC(C)(C)C)c1C. The number of hydrogen-bond acceptors (Lipinski definition) is 7. The number of likely N-dealkylation sites (tertiary alicyclic amines) is 1. The zero-order valence-electron chi connectivity index (χ0n) is 27.1. The molecule has 242 valence electrons. The van der Waals surface area contributed by atoms with Gasteiger partial charge in [-0.3, -0.25) is 19.3 Å². The first kappa shape index (κ1) is 33.1. The van der Waals surface area contributed by atoms with Gasteiger partial charge in [0.1, 0.15) is 5.75 Å². The molecule has 8 nitrogen and oxygen atoms in total. The summed E-state index contributed by atoms with van der Waals surface area (Å²) in [6.07, 6.45) is 5.00. The topological polar surface area (TPSA) is 108 Å². The van der Waals surface area contributed by atoms with Crippen molar-refractivity contribution in [1.29, 1.82) is 0 Å². The number of ether oxygens (including phenoxy) is 1. The Bertz CT molecular complexity index is 1500. The number of nitrogens with one attached hydrogen (secondary N) is 2. The molecule has 5 atom stereocenters. The monoisotopic (exact) mass is 633 g/mol. The van der Waals surface area contributed by atoms with E-state index in [4.69, 9.17) is 4.74 Å². The zero-order valence-corrected chi connectivity index (χ0v) is 27.9. The third kappa shape index (κ3) is 8.31. The molecule has 0 spiro atoms. The van der Waals surface area contributed by atoms with E-state index in [2.05, 4.69) is 33.7 Å². The van der Waals surface area contributed by atoms with E-state index in [1.165, 1.54) is 19.8 Å². The van der Waals surface area contributed by atoms with Gasteiger partial charge in [-0.05, 0) is 82.0 Å². The summed E-state index contributed by atoms with van der Waals surface area (Å²) < 4.78 is 6.47. The largest absolute Gasteiger partial charge is 0.426 e. The number of carbonyl (C=O) groups is 3. The molecular formula is C36H47N3O5S. The van der Waals surface area contributed by atoms with Crippen LogP contribution >= 0.6 is 11.3 Å². The lowest BCUT2D eigenvalue weighted by atomic mass is 9.72. The highest BCUT2D eigenvalue weighted by atomic mass is 32.1. The molecule has 45 heavy (non-hydrogen) atoms. The van der Waals surface area contributed by atoms with E-state index >= 15 is 0 Å². The van der Waals surface area contributed by atoms with Gasteiger partial charge in [0.15, 0.2) is 0 Å². The fourth-order valence-corrected chi connectivity index (χ4v) is 8.13. The first-order valence-corrected chi connectivity index (χ1v) is 17.0. The molecule has 5 rings (SSSR count). The first-order valence-electron chi connectivity index (χ1n) is 16.2. The van der Waals surface area contributed by atoms with Crippen LogP contribution in [0.25, 0.3) is 10.1 Å². The van der Waals surface area contributed by atoms with Gasteiger partial charge >= 0.3 is 5.97 Å². The highest BCUT2D eigenvalue weighted by molar-refractivity contribution is 7.19. The summed E-state index contributed by atoms with van der Waals surface area (Å²) in [6, 6.07) is 14.4. The van der Waals surface area contributed by atoms with Crippen LogP contribution in [-0.2, 0) is 16.0 Å². The Labute approximate surface area is 270 Å². The summed E-state index contributed by atoms with van der Waals surface area (Å²) >= 11 is 1.65. The number of thiophene rings is 1. The maximum Gasteiger partial charge on any atom is 0.308 e. The molecule has 2 heterocycles. The molecule has 0 radical (unpaired) electrons. The highest BCUT2D eigenvalue weighted by Gasteiger charge is 2.42. The van der Waals surface area contributed by atoms with Gasteiger partial charge < -0.3 is 20.5 Å². The van der Waals surface area contributed by atoms with E-state index in [-0.39, 0.29) is 29.9 Å². The normalized spacial score (nSPS) is 21.9. The minimum Gasteiger partial charge on any atom is -0.426 e. The Balaban J connectivity index is 1.41. The summed E-state index contributed by atoms with van der Waals surface area (Å²) in [5, 5.41) is 19.3. The van der Waals surface area contributed by atoms with E-state index in [0.29, 0.717) is 35.1 Å². The molecule has 9 heteroatoms. The van der Waals surface area contributed by atoms with Gasteiger partial charge in [-0.1, -0.05) is 43.5 Å². The van der Waals surface area contributed by atoms with Crippen LogP contribution in [0, 0.1) is 18.8 Å². The third-order valence-corrected chi connectivity index (χ3v) is 10.3. The van der Waals surface area contributed by atoms with Crippen molar-refractivity contribution in [3.63, 3.8) is 0 Å². The molecule has 0 unspecified atom stereocenters. The van der Waals surface area contributed by atoms with Crippen molar-refractivity contribution < 1.29 is 24.2 Å². The number of esters is 1. The number of hydrogen-bond donors (Lipinski definition) is 3. The van der Waals surface area contributed by atoms with Crippen molar-refractivity contribution in [2.24, 2.45) is 11.8 Å². The van der Waals surface area contributed by atoms with Crippen LogP contribution in [0.5, 0.6) is 5.75 Å². The standard InChI is InChI=1S/C36H47N3O5S/c1-22-28(14-10-15-32(22)44-23(2)40)34(42)37-29(19-27-17-25-12-8-9-16-33(25)45-27)31(41)21-39-20-26-13-7-6-11-24(26)18-30(39)35(43)38-36(3,4)5/h8-10,12,14-17,24,26,29-31,41H,6-7,11,13,18-21H2,1-5H3,(H,37,42)(H,38,43)/t24-,26+,29-,30-,31+/m0/s1. The van der Waals surface area contributed by atoms with Gasteiger partial charge in [0.05, 0.1) is 18.2 Å². The third-order valence-electron chi connectivity index (χ3n) is 9.19. The van der Waals surface area contributed by atoms with Crippen molar-refractivity contribution >= 4 is 39.2 Å². The van der Waals surface area contributed by atoms with Gasteiger partial charge in [-0.25, -0.2) is 0 Å². The van der Waals surface area contributed by atoms with Crippen LogP contribution in [-0.4, -0.2) is 64.6 Å². The maximum absolute atomic E-state index is 13.8. The lowest BCUT2D eigenvalue weighted by Gasteiger charge is -2.47. The van der Waals surface area contributed by atoms with E-state index < -0.39 is 18.1 Å². The summed E-state index contributed by atoms with van der Waals surface area (Å²) in [5.74, 6) is 0.554. The number of fused-ring (bicyclic) bond motifs is 2. The number of carbonyl (C=O) groups excluding carboxylic acids is 3. The Hall–Kier alpha value is -3.27. The summed E-state index contributed by atoms with van der Waals surface area (Å²) in [4.78, 5) is 42.2. The highest BCUT2D eigenvalue weighted by Crippen LogP contribution is 2.39. The quantitative estimate of drug-likeness (QED) is 0.208. The van der Waals surface area contributed by atoms with E-state index in [9.17, 15) is 19.5 Å². The maximum atomic E-state index is 13.8. The molecule has 1 aliphatic heterocycles. The molecule has 2 amide bonds. The summed E-state index contributed by atoms with van der Waals surface area (Å²) in [6.45, 7) is 10.1. The Morgan fingerprint density at radius 3 is 2.51 bits per heavy atom. The molecule has 1 saturated heterocycles. The lowest BCUT2D eigenvalue weighted by Crippen LogP contribution is -2.60. The molecular weight excluding hydrogens is 586 g/mol. The number of β-amino-alcohol motifs (C(OH)–C–C–N with tert-alkyl or cyclic N) is 1. The minimum atomic E-state index is -0.929. The molecule has 1 aromatic heterocycles. The molecule has 3 aromatic rings. The van der Waals surface area contributed by atoms with Crippen LogP contribution in [0.2, 0.25) is 0 Å². The minimum absolute atomic E-state index is 0.00160. The molecule has 1 aliphatic carbocycles. The van der Waals surface area contributed by atoms with Crippen molar-refractivity contribution in [2.45, 2.75) is 96.9 Å². The smallest absolute Gasteiger partial charge is 0.308 e. The number of benzene rings is 2. The van der Waals surface area contributed by atoms with Gasteiger partial charge in [0, 0.05) is 52.7 Å². The van der Waals surface area contributed by atoms with Crippen molar-refractivity contribution in [1.82, 2.24) is 15.5 Å². The molecule has 1 saturated carbocycles. The van der Waals surface area contributed by atoms with Gasteiger partial charge in [0.2, 0.25) is 5.91 Å². The molecule has 2 aliphatic rings. The second-order valence-electron chi connectivity index (χ2n) is 13.9. The number of aliphatic hydroxyl groups is 1. The van der Waals surface area contributed by atoms with Crippen LogP contribution in [0.4, 0.5) is 0 Å². The van der Waals surface area contributed by atoms with E-state index in [0.717, 1.165) is 40.8 Å². The molecule has 2 aromatic carbocycles. The fraction of sp³-hybridized carbons (Fsp3) is 0.528. The van der Waals surface area contributed by atoms with Crippen molar-refractivity contribution in [3.05, 3.63) is 64.5 Å². The number of amides is 2. The molecule has 2 fully saturated rings. The van der Waals surface area contributed by atoms with Crippen LogP contribution in [0.1, 0.15) is 80.6 Å². The van der Waals surface area contributed by atoms with Gasteiger partial charge in [0.25, 0.3) is 5.91 Å². The van der Waals surface area contributed by atoms with E-state index in [1.807, 2.05) is 32.9 Å². The van der Waals surface area contributed by atoms with Gasteiger partial charge in [-0.2, -0.15) is 0 Å². The zero-order chi connectivity index (χ0) is 32.3.